The Kier molecular flexibility index (Phi) is 12.7. The first-order chi connectivity index (χ1) is 38.0. The number of benzene rings is 7. The van der Waals surface area contributed by atoms with E-state index in [-0.39, 0.29) is 102 Å². The van der Waals surface area contributed by atoms with Gasteiger partial charge in [0.25, 0.3) is 0 Å². The summed E-state index contributed by atoms with van der Waals surface area (Å²) in [6, 6.07) is 41.6. The Balaban J connectivity index is 1.48. The maximum absolute atomic E-state index is 12.4. The molecule has 0 aliphatic rings. The van der Waals surface area contributed by atoms with Gasteiger partial charge in [0.2, 0.25) is 0 Å². The van der Waals surface area contributed by atoms with Crippen molar-refractivity contribution in [3.63, 3.8) is 0 Å². The van der Waals surface area contributed by atoms with Crippen molar-refractivity contribution in [3.05, 3.63) is 210 Å². The number of imidazole rings is 3. The van der Waals surface area contributed by atoms with E-state index in [9.17, 15) is 35.4 Å². The summed E-state index contributed by atoms with van der Waals surface area (Å²) in [5.74, 6) is -1.10. The van der Waals surface area contributed by atoms with Crippen LogP contribution in [0.4, 0.5) is 11.4 Å². The first-order valence-electron chi connectivity index (χ1n) is 23.0. The summed E-state index contributed by atoms with van der Waals surface area (Å²) in [7, 11) is 0. The van der Waals surface area contributed by atoms with Gasteiger partial charge in [-0.3, -0.25) is 13.7 Å². The second-order valence-corrected chi connectivity index (χ2v) is 16.7. The summed E-state index contributed by atoms with van der Waals surface area (Å²) >= 11 is 0. The van der Waals surface area contributed by atoms with Crippen LogP contribution in [0.2, 0.25) is 0 Å². The summed E-state index contributed by atoms with van der Waals surface area (Å²) in [6.45, 7) is 26.6. The molecule has 18 heteroatoms. The predicted molar refractivity (Wildman–Crippen MR) is 286 cm³/mol. The largest absolute Gasteiger partial charge is 0.423 e. The Labute approximate surface area is 442 Å². The van der Waals surface area contributed by atoms with E-state index < -0.39 is 17.9 Å². The van der Waals surface area contributed by atoms with Crippen molar-refractivity contribution in [2.75, 3.05) is 0 Å². The first kappa shape index (κ1) is 49.1. The fourth-order valence-electron chi connectivity index (χ4n) is 8.84. The smallest absolute Gasteiger partial charge is 0.335 e. The molecule has 0 saturated heterocycles. The van der Waals surface area contributed by atoms with Crippen LogP contribution in [-0.4, -0.2) is 46.6 Å². The SMILES string of the molecule is [C-]#[N+]c1ccc(-c2nc3c(c4nc(-c5ccc(C#N)cc5C#N)n(-c5ccc(OC(=O)C=C)cc5)c4c4nc(-c5ccc(C#N)cc5[N+]#[C-])n(-c5ccc(OC(=O)C=C)cc5)c34)n2-c2ccc(OC(=O)C=C)cc2)c(C#N)c1. The summed E-state index contributed by atoms with van der Waals surface area (Å²) in [5.41, 5.74) is 4.42. The molecule has 3 heterocycles. The van der Waals surface area contributed by atoms with Gasteiger partial charge in [-0.05, 0) is 109 Å². The normalized spacial score (nSPS) is 10.5. The van der Waals surface area contributed by atoms with E-state index >= 15 is 0 Å². The second kappa shape index (κ2) is 20.2. The fraction of sp³-hybridized carbons (Fsp3) is 0. The van der Waals surface area contributed by atoms with Gasteiger partial charge in [0.1, 0.15) is 67.8 Å². The third kappa shape index (κ3) is 8.54. The van der Waals surface area contributed by atoms with Gasteiger partial charge in [0.05, 0.1) is 54.1 Å². The average Bonchev–Trinajstić information content (AvgIpc) is 3.62. The molecule has 78 heavy (non-hydrogen) atoms. The van der Waals surface area contributed by atoms with E-state index in [0.29, 0.717) is 33.6 Å². The topological polar surface area (TPSA) is 236 Å². The van der Waals surface area contributed by atoms with Crippen LogP contribution >= 0.6 is 0 Å². The number of nitriles is 4. The molecule has 0 bridgehead atoms. The monoisotopic (exact) mass is 1010 g/mol. The summed E-state index contributed by atoms with van der Waals surface area (Å²) in [4.78, 5) is 60.8. The molecular weight excluding hydrogens is 985 g/mol. The third-order valence-electron chi connectivity index (χ3n) is 12.2. The van der Waals surface area contributed by atoms with Crippen molar-refractivity contribution in [2.45, 2.75) is 0 Å². The maximum Gasteiger partial charge on any atom is 0.335 e. The van der Waals surface area contributed by atoms with Crippen LogP contribution in [0.1, 0.15) is 22.3 Å². The Morgan fingerprint density at radius 3 is 1.18 bits per heavy atom. The molecule has 0 aliphatic carbocycles. The second-order valence-electron chi connectivity index (χ2n) is 16.7. The van der Waals surface area contributed by atoms with Crippen LogP contribution in [0.3, 0.4) is 0 Å². The average molecular weight is 1010 g/mol. The number of esters is 3. The van der Waals surface area contributed by atoms with E-state index in [1.165, 1.54) is 18.2 Å². The fourth-order valence-corrected chi connectivity index (χ4v) is 8.84. The first-order valence-corrected chi connectivity index (χ1v) is 23.0. The van der Waals surface area contributed by atoms with Crippen LogP contribution in [0, 0.1) is 58.5 Å². The Hall–Kier alpha value is -12.5. The highest BCUT2D eigenvalue weighted by Gasteiger charge is 2.32. The van der Waals surface area contributed by atoms with Crippen LogP contribution in [0.5, 0.6) is 17.2 Å². The Morgan fingerprint density at radius 1 is 0.462 bits per heavy atom. The number of hydrogen-bond acceptors (Lipinski definition) is 13. The molecule has 0 N–H and O–H groups in total. The number of fused-ring (bicyclic) bond motifs is 6. The lowest BCUT2D eigenvalue weighted by atomic mass is 10.0. The van der Waals surface area contributed by atoms with E-state index in [4.69, 9.17) is 42.3 Å². The number of aromatic nitrogens is 6. The van der Waals surface area contributed by atoms with Crippen molar-refractivity contribution in [1.29, 1.82) is 21.0 Å². The molecule has 7 aromatic carbocycles. The summed E-state index contributed by atoms with van der Waals surface area (Å²) < 4.78 is 21.6. The molecule has 0 unspecified atom stereocenters. The lowest BCUT2D eigenvalue weighted by Gasteiger charge is -2.14. The molecule has 0 amide bonds. The lowest BCUT2D eigenvalue weighted by Crippen LogP contribution is -2.04. The zero-order valence-corrected chi connectivity index (χ0v) is 40.3. The van der Waals surface area contributed by atoms with Gasteiger partial charge in [0.15, 0.2) is 11.4 Å². The Morgan fingerprint density at radius 2 is 0.821 bits per heavy atom. The molecule has 18 nitrogen and oxygen atoms in total. The van der Waals surface area contributed by atoms with E-state index in [1.54, 1.807) is 123 Å². The molecule has 0 radical (unpaired) electrons. The highest BCUT2D eigenvalue weighted by atomic mass is 16.5. The predicted octanol–water partition coefficient (Wildman–Crippen LogP) is 11.6. The van der Waals surface area contributed by atoms with E-state index in [2.05, 4.69) is 53.7 Å². The van der Waals surface area contributed by atoms with Crippen LogP contribution in [0.25, 0.3) is 94.0 Å². The van der Waals surface area contributed by atoms with Crippen LogP contribution < -0.4 is 14.2 Å². The summed E-state index contributed by atoms with van der Waals surface area (Å²) in [6.07, 6.45) is 3.06. The van der Waals surface area contributed by atoms with Gasteiger partial charge in [-0.15, -0.1) is 0 Å². The van der Waals surface area contributed by atoms with Gasteiger partial charge in [0, 0.05) is 57.5 Å². The molecule has 0 atom stereocenters. The molecular formula is C60H30N12O6. The minimum absolute atomic E-state index is 0.0618. The standard InChI is InChI=1S/C60H30N12O6/c1-6-49(73)76-42-18-12-39(13-19-42)70-56-52(67-58(70)45-24-9-34(30-61)27-36(45)32-63)55-53(68-59(46-26-11-38(65-4)29-37(46)33-64)71(55)40-14-20-43(21-15-40)77-50(74)7-2)57-54(56)69-60(47-25-10-35(31-62)28-48(47)66-5)72(57)41-16-22-44(23-17-41)78-51(75)8-3/h6-29H,1-3H2. The molecule has 0 fully saturated rings. The number of carbonyl (C=O) groups is 3. The lowest BCUT2D eigenvalue weighted by molar-refractivity contribution is -0.129. The van der Waals surface area contributed by atoms with Crippen molar-refractivity contribution >= 4 is 62.4 Å². The molecule has 0 saturated carbocycles. The number of ether oxygens (including phenoxy) is 3. The number of nitrogens with zero attached hydrogens (tertiary/aromatic N) is 12. The van der Waals surface area contributed by atoms with Crippen molar-refractivity contribution in [3.8, 4) is 92.8 Å². The number of carbonyl (C=O) groups excluding carboxylic acids is 3. The zero-order chi connectivity index (χ0) is 54.8. The van der Waals surface area contributed by atoms with Crippen LogP contribution in [-0.2, 0) is 14.4 Å². The van der Waals surface area contributed by atoms with Gasteiger partial charge in [-0.2, -0.15) is 21.0 Å². The van der Waals surface area contributed by atoms with Gasteiger partial charge < -0.3 is 14.2 Å². The summed E-state index contributed by atoms with van der Waals surface area (Å²) in [5, 5.41) is 41.4. The molecule has 10 rings (SSSR count). The van der Waals surface area contributed by atoms with Gasteiger partial charge in [-0.1, -0.05) is 37.9 Å². The van der Waals surface area contributed by atoms with E-state index in [1.807, 2.05) is 0 Å². The van der Waals surface area contributed by atoms with E-state index in [0.717, 1.165) is 18.2 Å². The maximum atomic E-state index is 12.4. The van der Waals surface area contributed by atoms with Gasteiger partial charge in [-0.25, -0.2) is 39.0 Å². The Bertz CT molecular complexity index is 4050. The zero-order valence-electron chi connectivity index (χ0n) is 40.3. The van der Waals surface area contributed by atoms with Crippen LogP contribution in [0.15, 0.2) is 165 Å². The van der Waals surface area contributed by atoms with Gasteiger partial charge >= 0.3 is 17.9 Å². The quantitative estimate of drug-likeness (QED) is 0.0480. The van der Waals surface area contributed by atoms with Crippen molar-refractivity contribution in [1.82, 2.24) is 28.7 Å². The minimum Gasteiger partial charge on any atom is -0.423 e. The van der Waals surface area contributed by atoms with Crippen molar-refractivity contribution < 1.29 is 28.6 Å². The molecule has 3 aromatic heterocycles. The number of rotatable bonds is 12. The number of hydrogen-bond donors (Lipinski definition) is 0. The van der Waals surface area contributed by atoms with Crippen molar-refractivity contribution in [2.24, 2.45) is 0 Å². The molecule has 0 spiro atoms. The highest BCUT2D eigenvalue weighted by Crippen LogP contribution is 2.46. The highest BCUT2D eigenvalue weighted by molar-refractivity contribution is 6.22. The molecule has 10 aromatic rings. The third-order valence-corrected chi connectivity index (χ3v) is 12.2. The molecule has 0 aliphatic heterocycles. The molecule has 366 valence electrons. The minimum atomic E-state index is -0.706.